The Labute approximate surface area is 173 Å². The smallest absolute Gasteiger partial charge is 0.193 e. The minimum absolute atomic E-state index is 0.0616. The maximum atomic E-state index is 6.18. The molecule has 1 atom stereocenters. The van der Waals surface area contributed by atoms with Crippen LogP contribution in [-0.2, 0) is 0 Å². The molecular weight excluding hydrogens is 368 g/mol. The lowest BCUT2D eigenvalue weighted by molar-refractivity contribution is 0.305. The molecule has 0 heterocycles. The van der Waals surface area contributed by atoms with Crippen molar-refractivity contribution in [3.63, 3.8) is 0 Å². The highest BCUT2D eigenvalue weighted by Gasteiger charge is 2.15. The van der Waals surface area contributed by atoms with Crippen LogP contribution in [0.2, 0.25) is 0 Å². The Morgan fingerprint density at radius 1 is 1.07 bits per heavy atom. The highest BCUT2D eigenvalue weighted by Crippen LogP contribution is 2.29. The quantitative estimate of drug-likeness (QED) is 0.469. The van der Waals surface area contributed by atoms with Crippen molar-refractivity contribution in [2.75, 3.05) is 46.3 Å². The maximum Gasteiger partial charge on any atom is 0.193 e. The second-order valence-corrected chi connectivity index (χ2v) is 6.63. The third-order valence-electron chi connectivity index (χ3n) is 4.36. The summed E-state index contributed by atoms with van der Waals surface area (Å²) in [5, 5.41) is 3.14. The number of methoxy groups -OCH3 is 1. The highest BCUT2D eigenvalue weighted by atomic mass is 16.5. The summed E-state index contributed by atoms with van der Waals surface area (Å²) in [5.74, 6) is 2.58. The topological polar surface area (TPSA) is 81.3 Å². The molecule has 0 aliphatic heterocycles. The number of anilines is 1. The fourth-order valence-electron chi connectivity index (χ4n) is 2.92. The Morgan fingerprint density at radius 2 is 1.83 bits per heavy atom. The predicted molar refractivity (Wildman–Crippen MR) is 118 cm³/mol. The number of aliphatic imine (C=N–C) groups is 1. The average Bonchev–Trinajstić information content (AvgIpc) is 2.70. The van der Waals surface area contributed by atoms with Gasteiger partial charge in [-0.25, -0.2) is 0 Å². The third kappa shape index (κ3) is 6.57. The van der Waals surface area contributed by atoms with Gasteiger partial charge in [-0.2, -0.15) is 0 Å². The van der Waals surface area contributed by atoms with Gasteiger partial charge in [-0.05, 0) is 57.8 Å². The van der Waals surface area contributed by atoms with Crippen LogP contribution in [0.5, 0.6) is 17.2 Å². The largest absolute Gasteiger partial charge is 0.497 e. The molecule has 0 aliphatic carbocycles. The number of nitrogens with one attached hydrogen (secondary N) is 1. The number of likely N-dealkylation sites (N-methyl/N-ethyl adjacent to an activating group) is 1. The molecule has 0 saturated heterocycles. The fourth-order valence-corrected chi connectivity index (χ4v) is 2.92. The molecule has 0 amide bonds. The molecule has 0 spiro atoms. The highest BCUT2D eigenvalue weighted by molar-refractivity contribution is 5.94. The lowest BCUT2D eigenvalue weighted by atomic mass is 10.1. The molecule has 2 aromatic rings. The minimum Gasteiger partial charge on any atom is -0.497 e. The Balaban J connectivity index is 2.18. The van der Waals surface area contributed by atoms with E-state index in [2.05, 4.69) is 21.3 Å². The Hall–Kier alpha value is -2.93. The summed E-state index contributed by atoms with van der Waals surface area (Å²) < 4.78 is 16.6. The molecule has 0 saturated carbocycles. The molecule has 158 valence electrons. The van der Waals surface area contributed by atoms with Crippen LogP contribution in [0, 0.1) is 0 Å². The molecule has 2 rings (SSSR count). The van der Waals surface area contributed by atoms with Gasteiger partial charge >= 0.3 is 0 Å². The number of guanidine groups is 1. The van der Waals surface area contributed by atoms with Crippen LogP contribution >= 0.6 is 0 Å². The number of rotatable bonds is 10. The van der Waals surface area contributed by atoms with Crippen LogP contribution in [0.4, 0.5) is 5.69 Å². The molecule has 0 radical (unpaired) electrons. The second kappa shape index (κ2) is 11.2. The van der Waals surface area contributed by atoms with Crippen molar-refractivity contribution in [2.24, 2.45) is 10.7 Å². The zero-order chi connectivity index (χ0) is 21.2. The molecule has 1 unspecified atom stereocenters. The van der Waals surface area contributed by atoms with Gasteiger partial charge in [-0.3, -0.25) is 4.99 Å². The first kappa shape index (κ1) is 22.4. The van der Waals surface area contributed by atoms with Gasteiger partial charge in [0.15, 0.2) is 5.96 Å². The van der Waals surface area contributed by atoms with Gasteiger partial charge in [0.05, 0.1) is 38.6 Å². The van der Waals surface area contributed by atoms with E-state index in [4.69, 9.17) is 19.9 Å². The summed E-state index contributed by atoms with van der Waals surface area (Å²) in [6.45, 7) is 5.52. The minimum atomic E-state index is 0.0616. The zero-order valence-corrected chi connectivity index (χ0v) is 17.9. The SMILES string of the molecule is CCOc1ccc(OCC)c(NC(N)=NCC(c2cccc(OC)c2)N(C)C)c1. The predicted octanol–water partition coefficient (Wildman–Crippen LogP) is 3.52. The van der Waals surface area contributed by atoms with E-state index in [1.165, 1.54) is 0 Å². The first-order valence-corrected chi connectivity index (χ1v) is 9.75. The van der Waals surface area contributed by atoms with Crippen molar-refractivity contribution in [3.8, 4) is 17.2 Å². The normalized spacial score (nSPS) is 12.6. The maximum absolute atomic E-state index is 6.18. The van der Waals surface area contributed by atoms with Gasteiger partial charge in [0, 0.05) is 6.07 Å². The monoisotopic (exact) mass is 400 g/mol. The van der Waals surface area contributed by atoms with Crippen LogP contribution in [0.25, 0.3) is 0 Å². The number of nitrogens with two attached hydrogens (primary N) is 1. The second-order valence-electron chi connectivity index (χ2n) is 6.63. The van der Waals surface area contributed by atoms with E-state index >= 15 is 0 Å². The van der Waals surface area contributed by atoms with E-state index in [9.17, 15) is 0 Å². The molecule has 7 nitrogen and oxygen atoms in total. The summed E-state index contributed by atoms with van der Waals surface area (Å²) in [7, 11) is 5.69. The molecule has 7 heteroatoms. The van der Waals surface area contributed by atoms with E-state index < -0.39 is 0 Å². The molecule has 2 aromatic carbocycles. The third-order valence-corrected chi connectivity index (χ3v) is 4.36. The molecule has 0 aromatic heterocycles. The molecule has 3 N–H and O–H groups in total. The van der Waals surface area contributed by atoms with Crippen LogP contribution in [0.3, 0.4) is 0 Å². The van der Waals surface area contributed by atoms with Crippen LogP contribution in [0.15, 0.2) is 47.5 Å². The average molecular weight is 401 g/mol. The van der Waals surface area contributed by atoms with Crippen molar-refractivity contribution >= 4 is 11.6 Å². The number of nitrogens with zero attached hydrogens (tertiary/aromatic N) is 2. The van der Waals surface area contributed by atoms with Crippen LogP contribution in [0.1, 0.15) is 25.5 Å². The first-order valence-electron chi connectivity index (χ1n) is 9.75. The van der Waals surface area contributed by atoms with Crippen molar-refractivity contribution in [3.05, 3.63) is 48.0 Å². The number of hydrogen-bond acceptors (Lipinski definition) is 5. The van der Waals surface area contributed by atoms with E-state index in [-0.39, 0.29) is 6.04 Å². The van der Waals surface area contributed by atoms with Crippen LogP contribution in [-0.4, -0.2) is 51.8 Å². The molecule has 0 bridgehead atoms. The van der Waals surface area contributed by atoms with Crippen molar-refractivity contribution < 1.29 is 14.2 Å². The Bertz CT molecular complexity index is 808. The van der Waals surface area contributed by atoms with Gasteiger partial charge in [-0.1, -0.05) is 12.1 Å². The summed E-state index contributed by atoms with van der Waals surface area (Å²) in [5.41, 5.74) is 8.01. The molecule has 0 aliphatic rings. The van der Waals surface area contributed by atoms with Gasteiger partial charge in [0.2, 0.25) is 0 Å². The van der Waals surface area contributed by atoms with E-state index in [1.807, 2.05) is 64.3 Å². The number of benzene rings is 2. The van der Waals surface area contributed by atoms with Crippen LogP contribution < -0.4 is 25.3 Å². The lowest BCUT2D eigenvalue weighted by Crippen LogP contribution is -2.27. The molecule has 0 fully saturated rings. The summed E-state index contributed by atoms with van der Waals surface area (Å²) in [6, 6.07) is 13.6. The number of ether oxygens (including phenoxy) is 3. The van der Waals surface area contributed by atoms with E-state index in [0.717, 1.165) is 22.7 Å². The van der Waals surface area contributed by atoms with E-state index in [0.29, 0.717) is 31.5 Å². The number of hydrogen-bond donors (Lipinski definition) is 2. The van der Waals surface area contributed by atoms with Crippen molar-refractivity contribution in [1.82, 2.24) is 4.90 Å². The summed E-state index contributed by atoms with van der Waals surface area (Å²) >= 11 is 0. The van der Waals surface area contributed by atoms with Gasteiger partial charge in [0.25, 0.3) is 0 Å². The zero-order valence-electron chi connectivity index (χ0n) is 17.9. The Kier molecular flexibility index (Phi) is 8.61. The molecule has 29 heavy (non-hydrogen) atoms. The van der Waals surface area contributed by atoms with Gasteiger partial charge in [0.1, 0.15) is 17.2 Å². The van der Waals surface area contributed by atoms with Crippen molar-refractivity contribution in [2.45, 2.75) is 19.9 Å². The summed E-state index contributed by atoms with van der Waals surface area (Å²) in [4.78, 5) is 6.66. The standard InChI is InChI=1S/C22H32N4O3/c1-6-28-18-11-12-21(29-7-2)19(14-18)25-22(23)24-15-20(26(3)4)16-9-8-10-17(13-16)27-5/h8-14,20H,6-7,15H2,1-5H3,(H3,23,24,25). The molecular formula is C22H32N4O3. The van der Waals surface area contributed by atoms with Gasteiger partial charge < -0.3 is 30.2 Å². The lowest BCUT2D eigenvalue weighted by Gasteiger charge is -2.23. The first-order chi connectivity index (χ1) is 14.0. The van der Waals surface area contributed by atoms with Crippen molar-refractivity contribution in [1.29, 1.82) is 0 Å². The fraction of sp³-hybridized carbons (Fsp3) is 0.409. The van der Waals surface area contributed by atoms with Gasteiger partial charge in [-0.15, -0.1) is 0 Å². The summed E-state index contributed by atoms with van der Waals surface area (Å²) in [6.07, 6.45) is 0. The Morgan fingerprint density at radius 3 is 2.48 bits per heavy atom. The van der Waals surface area contributed by atoms with E-state index in [1.54, 1.807) is 7.11 Å².